The fraction of sp³-hybridized carbons (Fsp3) is 0.571. The molecule has 1 aliphatic carbocycles. The lowest BCUT2D eigenvalue weighted by Crippen LogP contribution is -2.30. The maximum Gasteiger partial charge on any atom is 0.179 e. The van der Waals surface area contributed by atoms with E-state index in [2.05, 4.69) is 21.2 Å². The molecule has 5 heteroatoms. The van der Waals surface area contributed by atoms with Crippen molar-refractivity contribution in [3.63, 3.8) is 0 Å². The first-order valence-corrected chi connectivity index (χ1v) is 9.13. The van der Waals surface area contributed by atoms with E-state index < -0.39 is 9.84 Å². The van der Waals surface area contributed by atoms with Crippen molar-refractivity contribution in [2.75, 3.05) is 12.8 Å². The van der Waals surface area contributed by atoms with Gasteiger partial charge in [0.15, 0.2) is 9.84 Å². The van der Waals surface area contributed by atoms with Crippen LogP contribution in [0, 0.1) is 5.92 Å². The van der Waals surface area contributed by atoms with Gasteiger partial charge in [0.1, 0.15) is 0 Å². The molecule has 106 valence electrons. The van der Waals surface area contributed by atoms with Crippen LogP contribution >= 0.6 is 15.9 Å². The molecular weight excluding hydrogens is 326 g/mol. The first-order chi connectivity index (χ1) is 9.04. The lowest BCUT2D eigenvalue weighted by atomic mass is 10.0. The molecule has 0 radical (unpaired) electrons. The van der Waals surface area contributed by atoms with Crippen LogP contribution in [-0.2, 0) is 9.84 Å². The lowest BCUT2D eigenvalue weighted by Gasteiger charge is -2.18. The normalized spacial score (nSPS) is 23.7. The van der Waals surface area contributed by atoms with Gasteiger partial charge in [0.25, 0.3) is 0 Å². The molecule has 0 aliphatic heterocycles. The summed E-state index contributed by atoms with van der Waals surface area (Å²) in [4.78, 5) is 0.411. The number of hydrogen-bond acceptors (Lipinski definition) is 3. The number of benzene rings is 1. The molecular formula is C14H20BrNO2S. The van der Waals surface area contributed by atoms with Crippen LogP contribution in [0.2, 0.25) is 0 Å². The summed E-state index contributed by atoms with van der Waals surface area (Å²) in [5.74, 6) is 0.723. The SMILES string of the molecule is CNC1CCCC1CCS(=O)(=O)c1ccccc1Br. The van der Waals surface area contributed by atoms with Crippen molar-refractivity contribution in [2.24, 2.45) is 5.92 Å². The van der Waals surface area contributed by atoms with Crippen molar-refractivity contribution < 1.29 is 8.42 Å². The van der Waals surface area contributed by atoms with Gasteiger partial charge >= 0.3 is 0 Å². The van der Waals surface area contributed by atoms with E-state index in [4.69, 9.17) is 0 Å². The number of rotatable bonds is 5. The Bertz CT molecular complexity index is 530. The molecule has 1 aromatic carbocycles. The van der Waals surface area contributed by atoms with Gasteiger partial charge in [-0.25, -0.2) is 8.42 Å². The fourth-order valence-electron chi connectivity index (χ4n) is 2.88. The molecule has 1 aromatic rings. The van der Waals surface area contributed by atoms with Crippen LogP contribution in [0.4, 0.5) is 0 Å². The van der Waals surface area contributed by atoms with Gasteiger partial charge in [0.05, 0.1) is 10.6 Å². The summed E-state index contributed by atoms with van der Waals surface area (Å²) in [5, 5.41) is 3.30. The molecule has 2 atom stereocenters. The monoisotopic (exact) mass is 345 g/mol. The standard InChI is InChI=1S/C14H20BrNO2S/c1-16-13-7-4-5-11(13)9-10-19(17,18)14-8-3-2-6-12(14)15/h2-3,6,8,11,13,16H,4-5,7,9-10H2,1H3. The van der Waals surface area contributed by atoms with Crippen LogP contribution in [0.1, 0.15) is 25.7 Å². The summed E-state index contributed by atoms with van der Waals surface area (Å²) < 4.78 is 25.4. The van der Waals surface area contributed by atoms with E-state index in [0.717, 1.165) is 19.3 Å². The van der Waals surface area contributed by atoms with E-state index >= 15 is 0 Å². The van der Waals surface area contributed by atoms with Crippen LogP contribution in [0.25, 0.3) is 0 Å². The molecule has 0 bridgehead atoms. The van der Waals surface area contributed by atoms with Crippen molar-refractivity contribution in [1.29, 1.82) is 0 Å². The first kappa shape index (κ1) is 15.0. The molecule has 0 saturated heterocycles. The summed E-state index contributed by atoms with van der Waals surface area (Å²) in [5.41, 5.74) is 0. The van der Waals surface area contributed by atoms with Gasteiger partial charge in [0, 0.05) is 10.5 Å². The predicted octanol–water partition coefficient (Wildman–Crippen LogP) is 3.00. The molecule has 19 heavy (non-hydrogen) atoms. The largest absolute Gasteiger partial charge is 0.317 e. The summed E-state index contributed by atoms with van der Waals surface area (Å²) in [6, 6.07) is 7.53. The third kappa shape index (κ3) is 3.58. The van der Waals surface area contributed by atoms with E-state index in [1.165, 1.54) is 6.42 Å². The lowest BCUT2D eigenvalue weighted by molar-refractivity contribution is 0.414. The highest BCUT2D eigenvalue weighted by molar-refractivity contribution is 9.10. The molecule has 0 aromatic heterocycles. The molecule has 1 fully saturated rings. The number of hydrogen-bond donors (Lipinski definition) is 1. The second-order valence-corrected chi connectivity index (χ2v) is 8.06. The quantitative estimate of drug-likeness (QED) is 0.892. The zero-order valence-corrected chi connectivity index (χ0v) is 13.5. The Morgan fingerprint density at radius 3 is 2.74 bits per heavy atom. The second kappa shape index (κ2) is 6.37. The van der Waals surface area contributed by atoms with Crippen molar-refractivity contribution in [1.82, 2.24) is 5.32 Å². The van der Waals surface area contributed by atoms with Crippen molar-refractivity contribution in [3.05, 3.63) is 28.7 Å². The molecule has 1 N–H and O–H groups in total. The smallest absolute Gasteiger partial charge is 0.179 e. The summed E-state index contributed by atoms with van der Waals surface area (Å²) >= 11 is 3.32. The van der Waals surface area contributed by atoms with Gasteiger partial charge in [-0.15, -0.1) is 0 Å². The van der Waals surface area contributed by atoms with Gasteiger partial charge in [0.2, 0.25) is 0 Å². The Morgan fingerprint density at radius 2 is 2.05 bits per heavy atom. The summed E-state index contributed by atoms with van der Waals surface area (Å²) in [6.45, 7) is 0. The number of halogens is 1. The Balaban J connectivity index is 2.04. The Morgan fingerprint density at radius 1 is 1.32 bits per heavy atom. The van der Waals surface area contributed by atoms with Crippen molar-refractivity contribution in [3.8, 4) is 0 Å². The maximum atomic E-state index is 12.4. The van der Waals surface area contributed by atoms with Crippen molar-refractivity contribution >= 4 is 25.8 Å². The molecule has 0 spiro atoms. The zero-order valence-electron chi connectivity index (χ0n) is 11.1. The maximum absolute atomic E-state index is 12.4. The average molecular weight is 346 g/mol. The molecule has 2 rings (SSSR count). The molecule has 1 saturated carbocycles. The number of nitrogens with one attached hydrogen (secondary N) is 1. The summed E-state index contributed by atoms with van der Waals surface area (Å²) in [7, 11) is -1.22. The van der Waals surface area contributed by atoms with Crippen LogP contribution in [-0.4, -0.2) is 27.3 Å². The molecule has 0 heterocycles. The second-order valence-electron chi connectivity index (χ2n) is 5.12. The molecule has 1 aliphatic rings. The van der Waals surface area contributed by atoms with Gasteiger partial charge in [-0.1, -0.05) is 18.6 Å². The zero-order chi connectivity index (χ0) is 13.9. The highest BCUT2D eigenvalue weighted by Crippen LogP contribution is 2.30. The van der Waals surface area contributed by atoms with E-state index in [1.54, 1.807) is 18.2 Å². The van der Waals surface area contributed by atoms with Gasteiger partial charge in [-0.3, -0.25) is 0 Å². The summed E-state index contributed by atoms with van der Waals surface area (Å²) in [6.07, 6.45) is 4.24. The van der Waals surface area contributed by atoms with E-state index in [-0.39, 0.29) is 5.75 Å². The van der Waals surface area contributed by atoms with Crippen LogP contribution in [0.3, 0.4) is 0 Å². The predicted molar refractivity (Wildman–Crippen MR) is 81.0 cm³/mol. The Hall–Kier alpha value is -0.390. The highest BCUT2D eigenvalue weighted by atomic mass is 79.9. The third-order valence-corrected chi connectivity index (χ3v) is 6.71. The number of sulfone groups is 1. The van der Waals surface area contributed by atoms with E-state index in [9.17, 15) is 8.42 Å². The average Bonchev–Trinajstić information content (AvgIpc) is 2.84. The fourth-order valence-corrected chi connectivity index (χ4v) is 5.38. The highest BCUT2D eigenvalue weighted by Gasteiger charge is 2.28. The van der Waals surface area contributed by atoms with Crippen LogP contribution < -0.4 is 5.32 Å². The van der Waals surface area contributed by atoms with Gasteiger partial charge in [-0.2, -0.15) is 0 Å². The molecule has 3 nitrogen and oxygen atoms in total. The van der Waals surface area contributed by atoms with Gasteiger partial charge < -0.3 is 5.32 Å². The topological polar surface area (TPSA) is 46.2 Å². The van der Waals surface area contributed by atoms with Crippen LogP contribution in [0.15, 0.2) is 33.6 Å². The van der Waals surface area contributed by atoms with Crippen molar-refractivity contribution in [2.45, 2.75) is 36.6 Å². The minimum absolute atomic E-state index is 0.235. The first-order valence-electron chi connectivity index (χ1n) is 6.69. The van der Waals surface area contributed by atoms with Gasteiger partial charge in [-0.05, 0) is 60.3 Å². The molecule has 2 unspecified atom stereocenters. The Kier molecular flexibility index (Phi) is 5.03. The third-order valence-electron chi connectivity index (χ3n) is 3.96. The minimum Gasteiger partial charge on any atom is -0.317 e. The molecule has 0 amide bonds. The van der Waals surface area contributed by atoms with E-state index in [0.29, 0.717) is 21.3 Å². The van der Waals surface area contributed by atoms with E-state index in [1.807, 2.05) is 13.1 Å². The van der Waals surface area contributed by atoms with Crippen LogP contribution in [0.5, 0.6) is 0 Å². The minimum atomic E-state index is -3.18. The Labute approximate surface area is 123 Å².